The number of aromatic amines is 1. The lowest BCUT2D eigenvalue weighted by atomic mass is 9.99. The minimum absolute atomic E-state index is 0. The second-order valence-corrected chi connectivity index (χ2v) is 4.04. The Morgan fingerprint density at radius 3 is 2.68 bits per heavy atom. The van der Waals surface area contributed by atoms with E-state index >= 15 is 0 Å². The number of piperidine rings is 1. The molecule has 0 radical (unpaired) electrons. The van der Waals surface area contributed by atoms with E-state index in [9.17, 15) is 18.0 Å². The summed E-state index contributed by atoms with van der Waals surface area (Å²) in [4.78, 5) is 14.9. The van der Waals surface area contributed by atoms with E-state index in [4.69, 9.17) is 0 Å². The molecule has 1 aromatic heterocycles. The van der Waals surface area contributed by atoms with Crippen molar-refractivity contribution >= 4 is 24.3 Å². The van der Waals surface area contributed by atoms with Gasteiger partial charge in [0, 0.05) is 6.54 Å². The number of H-pyrrole nitrogens is 1. The zero-order chi connectivity index (χ0) is 13.2. The van der Waals surface area contributed by atoms with Crippen LogP contribution in [-0.2, 0) is 11.0 Å². The molecule has 0 aliphatic carbocycles. The predicted octanol–water partition coefficient (Wildman–Crippen LogP) is 1.18. The van der Waals surface area contributed by atoms with Gasteiger partial charge in [-0.05, 0) is 19.4 Å². The van der Waals surface area contributed by atoms with Crippen LogP contribution in [0.4, 0.5) is 19.1 Å². The van der Waals surface area contributed by atoms with E-state index in [1.807, 2.05) is 0 Å². The number of hydrogen-bond donors (Lipinski definition) is 3. The molecule has 1 aromatic rings. The highest BCUT2D eigenvalue weighted by molar-refractivity contribution is 5.91. The average molecular weight is 300 g/mol. The van der Waals surface area contributed by atoms with Crippen LogP contribution in [0.1, 0.15) is 18.7 Å². The zero-order valence-corrected chi connectivity index (χ0v) is 10.6. The number of alkyl halides is 3. The summed E-state index contributed by atoms with van der Waals surface area (Å²) < 4.78 is 36.7. The molecular weight excluding hydrogens is 287 g/mol. The van der Waals surface area contributed by atoms with E-state index in [1.165, 1.54) is 0 Å². The number of nitrogens with zero attached hydrogens (tertiary/aromatic N) is 2. The Bertz CT molecular complexity index is 430. The van der Waals surface area contributed by atoms with E-state index < -0.39 is 12.0 Å². The van der Waals surface area contributed by atoms with E-state index in [-0.39, 0.29) is 30.2 Å². The third kappa shape index (κ3) is 4.06. The number of amides is 1. The molecule has 0 spiro atoms. The van der Waals surface area contributed by atoms with Crippen molar-refractivity contribution in [3.8, 4) is 0 Å². The molecule has 10 heteroatoms. The molecule has 2 heterocycles. The van der Waals surface area contributed by atoms with Gasteiger partial charge in [-0.2, -0.15) is 18.2 Å². The molecule has 1 amide bonds. The highest BCUT2D eigenvalue weighted by atomic mass is 35.5. The molecular formula is C9H13ClF3N5O. The van der Waals surface area contributed by atoms with Crippen molar-refractivity contribution in [3.05, 3.63) is 5.82 Å². The average Bonchev–Trinajstić information content (AvgIpc) is 2.78. The first-order valence-corrected chi connectivity index (χ1v) is 5.48. The quantitative estimate of drug-likeness (QED) is 0.766. The highest BCUT2D eigenvalue weighted by Crippen LogP contribution is 2.26. The van der Waals surface area contributed by atoms with Crippen LogP contribution in [0.15, 0.2) is 0 Å². The molecule has 1 fully saturated rings. The third-order valence-electron chi connectivity index (χ3n) is 2.66. The highest BCUT2D eigenvalue weighted by Gasteiger charge is 2.35. The van der Waals surface area contributed by atoms with E-state index in [0.717, 1.165) is 13.0 Å². The molecule has 0 bridgehead atoms. The topological polar surface area (TPSA) is 82.7 Å². The van der Waals surface area contributed by atoms with Crippen LogP contribution in [0.3, 0.4) is 0 Å². The summed E-state index contributed by atoms with van der Waals surface area (Å²) in [5.74, 6) is -2.20. The number of nitrogens with one attached hydrogen (secondary N) is 3. The van der Waals surface area contributed by atoms with Crippen LogP contribution in [-0.4, -0.2) is 34.2 Å². The first-order chi connectivity index (χ1) is 8.47. The Hall–Kier alpha value is -1.35. The van der Waals surface area contributed by atoms with Gasteiger partial charge in [-0.1, -0.05) is 0 Å². The molecule has 2 rings (SSSR count). The van der Waals surface area contributed by atoms with Crippen LogP contribution in [0.25, 0.3) is 0 Å². The first kappa shape index (κ1) is 15.7. The van der Waals surface area contributed by atoms with Gasteiger partial charge in [-0.3, -0.25) is 15.2 Å². The van der Waals surface area contributed by atoms with E-state index in [2.05, 4.69) is 20.7 Å². The van der Waals surface area contributed by atoms with Gasteiger partial charge >= 0.3 is 6.18 Å². The smallest absolute Gasteiger partial charge is 0.316 e. The van der Waals surface area contributed by atoms with Gasteiger partial charge in [0.2, 0.25) is 17.7 Å². The summed E-state index contributed by atoms with van der Waals surface area (Å²) in [6.45, 7) is 1.37. The molecule has 19 heavy (non-hydrogen) atoms. The minimum atomic E-state index is -4.59. The van der Waals surface area contributed by atoms with E-state index in [0.29, 0.717) is 13.0 Å². The molecule has 108 valence electrons. The van der Waals surface area contributed by atoms with Crippen molar-refractivity contribution in [3.63, 3.8) is 0 Å². The van der Waals surface area contributed by atoms with Crippen molar-refractivity contribution in [1.82, 2.24) is 20.5 Å². The Morgan fingerprint density at radius 1 is 1.42 bits per heavy atom. The van der Waals surface area contributed by atoms with Crippen LogP contribution in [0.5, 0.6) is 0 Å². The zero-order valence-electron chi connectivity index (χ0n) is 9.75. The van der Waals surface area contributed by atoms with Crippen LogP contribution in [0.2, 0.25) is 0 Å². The lowest BCUT2D eigenvalue weighted by Crippen LogP contribution is -2.37. The van der Waals surface area contributed by atoms with Crippen molar-refractivity contribution in [2.24, 2.45) is 5.92 Å². The molecule has 0 saturated carbocycles. The molecule has 1 unspecified atom stereocenters. The number of hydrogen-bond acceptors (Lipinski definition) is 4. The summed E-state index contributed by atoms with van der Waals surface area (Å²) in [5, 5.41) is 10.4. The molecule has 6 nitrogen and oxygen atoms in total. The van der Waals surface area contributed by atoms with Gasteiger partial charge in [-0.15, -0.1) is 17.5 Å². The Morgan fingerprint density at radius 2 is 2.16 bits per heavy atom. The molecule has 1 aliphatic heterocycles. The Balaban J connectivity index is 0.00000180. The molecule has 1 atom stereocenters. The van der Waals surface area contributed by atoms with Gasteiger partial charge < -0.3 is 5.32 Å². The monoisotopic (exact) mass is 299 g/mol. The molecule has 1 saturated heterocycles. The number of carbonyl (C=O) groups excluding carboxylic acids is 1. The molecule has 0 aromatic carbocycles. The fourth-order valence-electron chi connectivity index (χ4n) is 1.73. The lowest BCUT2D eigenvalue weighted by Gasteiger charge is -2.20. The summed E-state index contributed by atoms with van der Waals surface area (Å²) in [6, 6.07) is 0. The van der Waals surface area contributed by atoms with Gasteiger partial charge in [-0.25, -0.2) is 0 Å². The summed E-state index contributed by atoms with van der Waals surface area (Å²) in [7, 11) is 0. The maximum absolute atomic E-state index is 12.2. The Labute approximate surface area is 113 Å². The van der Waals surface area contributed by atoms with Gasteiger partial charge in [0.15, 0.2) is 0 Å². The number of carbonyl (C=O) groups is 1. The third-order valence-corrected chi connectivity index (χ3v) is 2.66. The molecule has 1 aliphatic rings. The summed E-state index contributed by atoms with van der Waals surface area (Å²) in [6.07, 6.45) is -3.03. The maximum atomic E-state index is 12.2. The van der Waals surface area contributed by atoms with E-state index in [1.54, 1.807) is 5.10 Å². The second kappa shape index (κ2) is 6.20. The number of rotatable bonds is 2. The fraction of sp³-hybridized carbons (Fsp3) is 0.667. The van der Waals surface area contributed by atoms with Crippen molar-refractivity contribution < 1.29 is 18.0 Å². The summed E-state index contributed by atoms with van der Waals surface area (Å²) in [5.41, 5.74) is 0. The van der Waals surface area contributed by atoms with Gasteiger partial charge in [0.05, 0.1) is 5.92 Å². The van der Waals surface area contributed by atoms with Crippen molar-refractivity contribution in [1.29, 1.82) is 0 Å². The Kier molecular flexibility index (Phi) is 5.12. The normalized spacial score (nSPS) is 19.6. The minimum Gasteiger partial charge on any atom is -0.316 e. The SMILES string of the molecule is Cl.O=C(Nc1n[nH]c(C(F)(F)F)n1)C1CCCNC1. The summed E-state index contributed by atoms with van der Waals surface area (Å²) >= 11 is 0. The number of anilines is 1. The number of halogens is 4. The van der Waals surface area contributed by atoms with Crippen molar-refractivity contribution in [2.45, 2.75) is 19.0 Å². The largest absolute Gasteiger partial charge is 0.451 e. The first-order valence-electron chi connectivity index (χ1n) is 5.48. The number of aromatic nitrogens is 3. The van der Waals surface area contributed by atoms with Crippen LogP contribution < -0.4 is 10.6 Å². The van der Waals surface area contributed by atoms with Crippen LogP contribution >= 0.6 is 12.4 Å². The predicted molar refractivity (Wildman–Crippen MR) is 62.9 cm³/mol. The van der Waals surface area contributed by atoms with Crippen LogP contribution in [0, 0.1) is 5.92 Å². The van der Waals surface area contributed by atoms with Gasteiger partial charge in [0.1, 0.15) is 0 Å². The standard InChI is InChI=1S/C9H12F3N5O.ClH/c10-9(11,12)7-15-8(17-16-7)14-6(18)5-2-1-3-13-4-5;/h5,13H,1-4H2,(H2,14,15,16,17,18);1H. The van der Waals surface area contributed by atoms with Crippen molar-refractivity contribution in [2.75, 3.05) is 18.4 Å². The molecule has 3 N–H and O–H groups in total. The maximum Gasteiger partial charge on any atom is 0.451 e. The lowest BCUT2D eigenvalue weighted by molar-refractivity contribution is -0.144. The van der Waals surface area contributed by atoms with Gasteiger partial charge in [0.25, 0.3) is 0 Å². The second-order valence-electron chi connectivity index (χ2n) is 4.04. The fourth-order valence-corrected chi connectivity index (χ4v) is 1.73.